The van der Waals surface area contributed by atoms with E-state index in [9.17, 15) is 15.3 Å². The average Bonchev–Trinajstić information content (AvgIpc) is 2.45. The molecule has 0 spiro atoms. The number of hydrogen-bond donors (Lipinski definition) is 1. The Balaban J connectivity index is 2.20. The van der Waals surface area contributed by atoms with Crippen LogP contribution in [-0.4, -0.2) is 5.11 Å². The summed E-state index contributed by atoms with van der Waals surface area (Å²) in [7, 11) is 0. The van der Waals surface area contributed by atoms with Crippen LogP contribution in [0.5, 0.6) is 17.2 Å². The van der Waals surface area contributed by atoms with E-state index in [0.717, 1.165) is 12.8 Å². The second kappa shape index (κ2) is 3.44. The van der Waals surface area contributed by atoms with Crippen molar-refractivity contribution < 1.29 is 15.3 Å². The van der Waals surface area contributed by atoms with Crippen LogP contribution in [0.15, 0.2) is 30.4 Å². The number of benzene rings is 2. The molecule has 0 saturated carbocycles. The van der Waals surface area contributed by atoms with Crippen LogP contribution >= 0.6 is 0 Å². The standard InChI is InChI=1S/C16H14O3/c17-11-3-1-2-10-14(11)16(19)13-9-6-4-8(5-7-9)12(13)15(10)18/h1-4,6,8-9,17-19H,5,7H2/p-2. The first-order valence-electron chi connectivity index (χ1n) is 6.52. The van der Waals surface area contributed by atoms with Gasteiger partial charge in [0, 0.05) is 17.2 Å². The normalized spacial score (nSPS) is 23.8. The predicted molar refractivity (Wildman–Crippen MR) is 68.4 cm³/mol. The molecule has 0 saturated heterocycles. The van der Waals surface area contributed by atoms with Gasteiger partial charge in [-0.1, -0.05) is 35.8 Å². The van der Waals surface area contributed by atoms with Crippen molar-refractivity contribution in [3.05, 3.63) is 41.5 Å². The van der Waals surface area contributed by atoms with E-state index in [4.69, 9.17) is 0 Å². The molecule has 0 amide bonds. The van der Waals surface area contributed by atoms with E-state index in [1.807, 2.05) is 12.2 Å². The number of phenolic OH excluding ortho intramolecular Hbond substituents is 1. The quantitative estimate of drug-likeness (QED) is 0.731. The molecule has 2 bridgehead atoms. The van der Waals surface area contributed by atoms with Gasteiger partial charge < -0.3 is 15.3 Å². The number of fused-ring (bicyclic) bond motifs is 2. The average molecular weight is 252 g/mol. The molecule has 2 unspecified atom stereocenters. The summed E-state index contributed by atoms with van der Waals surface area (Å²) in [6.45, 7) is 0. The lowest BCUT2D eigenvalue weighted by Gasteiger charge is -2.41. The lowest BCUT2D eigenvalue weighted by atomic mass is 9.70. The molecule has 3 aliphatic carbocycles. The Bertz CT molecular complexity index is 731. The molecule has 19 heavy (non-hydrogen) atoms. The van der Waals surface area contributed by atoms with Crippen molar-refractivity contribution in [1.29, 1.82) is 0 Å². The molecule has 0 fully saturated rings. The number of allylic oxidation sites excluding steroid dienone is 2. The summed E-state index contributed by atoms with van der Waals surface area (Å²) in [5.74, 6) is -0.217. The molecule has 96 valence electrons. The van der Waals surface area contributed by atoms with Crippen LogP contribution in [0.25, 0.3) is 10.8 Å². The van der Waals surface area contributed by atoms with Crippen LogP contribution in [0, 0.1) is 0 Å². The minimum Gasteiger partial charge on any atom is -0.872 e. The molecule has 5 rings (SSSR count). The first kappa shape index (κ1) is 10.7. The Morgan fingerprint density at radius 1 is 0.947 bits per heavy atom. The highest BCUT2D eigenvalue weighted by atomic mass is 16.3. The van der Waals surface area contributed by atoms with Gasteiger partial charge in [0.25, 0.3) is 0 Å². The Kier molecular flexibility index (Phi) is 1.94. The summed E-state index contributed by atoms with van der Waals surface area (Å²) >= 11 is 0. The van der Waals surface area contributed by atoms with Gasteiger partial charge in [0.15, 0.2) is 0 Å². The summed E-state index contributed by atoms with van der Waals surface area (Å²) in [5, 5.41) is 35.6. The monoisotopic (exact) mass is 252 g/mol. The van der Waals surface area contributed by atoms with E-state index in [2.05, 4.69) is 0 Å². The van der Waals surface area contributed by atoms with E-state index < -0.39 is 0 Å². The molecule has 3 aliphatic rings. The second-order valence-corrected chi connectivity index (χ2v) is 5.36. The number of phenols is 1. The van der Waals surface area contributed by atoms with Crippen molar-refractivity contribution in [2.45, 2.75) is 24.7 Å². The molecule has 2 aromatic rings. The first-order chi connectivity index (χ1) is 9.18. The zero-order chi connectivity index (χ0) is 13.1. The fraction of sp³-hybridized carbons (Fsp3) is 0.250. The number of aromatic hydroxyl groups is 1. The van der Waals surface area contributed by atoms with Gasteiger partial charge in [0.05, 0.1) is 0 Å². The van der Waals surface area contributed by atoms with Crippen LogP contribution in [0.4, 0.5) is 0 Å². The van der Waals surface area contributed by atoms with Gasteiger partial charge in [0.1, 0.15) is 5.75 Å². The zero-order valence-electron chi connectivity index (χ0n) is 10.2. The fourth-order valence-electron chi connectivity index (χ4n) is 3.53. The molecular formula is C16H12O3-2. The molecule has 0 heterocycles. The van der Waals surface area contributed by atoms with Crippen molar-refractivity contribution in [1.82, 2.24) is 0 Å². The minimum atomic E-state index is -0.165. The SMILES string of the molecule is [O-]c1c2c(c([O-])c3c(O)cccc13)C1C=CC2CC1. The highest BCUT2D eigenvalue weighted by Gasteiger charge is 2.30. The van der Waals surface area contributed by atoms with Gasteiger partial charge in [-0.25, -0.2) is 0 Å². The maximum Gasteiger partial charge on any atom is 0.122 e. The van der Waals surface area contributed by atoms with E-state index in [1.54, 1.807) is 12.1 Å². The van der Waals surface area contributed by atoms with Gasteiger partial charge in [-0.3, -0.25) is 0 Å². The van der Waals surface area contributed by atoms with Crippen molar-refractivity contribution in [2.75, 3.05) is 0 Å². The summed E-state index contributed by atoms with van der Waals surface area (Å²) < 4.78 is 0. The lowest BCUT2D eigenvalue weighted by molar-refractivity contribution is -0.273. The van der Waals surface area contributed by atoms with E-state index in [-0.39, 0.29) is 34.5 Å². The number of rotatable bonds is 0. The molecule has 0 aliphatic heterocycles. The van der Waals surface area contributed by atoms with Crippen molar-refractivity contribution in [2.24, 2.45) is 0 Å². The van der Waals surface area contributed by atoms with Crippen molar-refractivity contribution in [3.63, 3.8) is 0 Å². The second-order valence-electron chi connectivity index (χ2n) is 5.36. The van der Waals surface area contributed by atoms with E-state index in [1.165, 1.54) is 6.07 Å². The van der Waals surface area contributed by atoms with E-state index >= 15 is 0 Å². The third-order valence-electron chi connectivity index (χ3n) is 4.40. The molecule has 3 nitrogen and oxygen atoms in total. The highest BCUT2D eigenvalue weighted by molar-refractivity contribution is 5.99. The zero-order valence-corrected chi connectivity index (χ0v) is 10.2. The highest BCUT2D eigenvalue weighted by Crippen LogP contribution is 2.54. The van der Waals surface area contributed by atoms with Crippen LogP contribution < -0.4 is 10.2 Å². The van der Waals surface area contributed by atoms with Gasteiger partial charge in [-0.05, 0) is 35.4 Å². The third kappa shape index (κ3) is 1.22. The van der Waals surface area contributed by atoms with Gasteiger partial charge in [-0.2, -0.15) is 0 Å². The maximum absolute atomic E-state index is 12.6. The molecule has 0 aromatic heterocycles. The van der Waals surface area contributed by atoms with Crippen LogP contribution in [0.3, 0.4) is 0 Å². The molecular weight excluding hydrogens is 240 g/mol. The molecule has 2 aromatic carbocycles. The predicted octanol–water partition coefficient (Wildman–Crippen LogP) is 2.22. The maximum atomic E-state index is 12.6. The molecule has 3 heteroatoms. The van der Waals surface area contributed by atoms with Crippen LogP contribution in [0.2, 0.25) is 0 Å². The van der Waals surface area contributed by atoms with Gasteiger partial charge in [0.2, 0.25) is 0 Å². The Morgan fingerprint density at radius 3 is 2.21 bits per heavy atom. The Labute approximate surface area is 110 Å². The van der Waals surface area contributed by atoms with Crippen molar-refractivity contribution >= 4 is 10.8 Å². The molecule has 0 radical (unpaired) electrons. The van der Waals surface area contributed by atoms with Gasteiger partial charge in [-0.15, -0.1) is 0 Å². The topological polar surface area (TPSA) is 66.3 Å². The Morgan fingerprint density at radius 2 is 1.58 bits per heavy atom. The summed E-state index contributed by atoms with van der Waals surface area (Å²) in [6.07, 6.45) is 5.93. The fourth-order valence-corrected chi connectivity index (χ4v) is 3.53. The minimum absolute atomic E-state index is 0.0456. The van der Waals surface area contributed by atoms with Crippen LogP contribution in [0.1, 0.15) is 35.8 Å². The lowest BCUT2D eigenvalue weighted by Crippen LogP contribution is -2.21. The first-order valence-corrected chi connectivity index (χ1v) is 6.52. The molecule has 2 atom stereocenters. The summed E-state index contributed by atoms with van der Waals surface area (Å²) in [5.41, 5.74) is 1.29. The summed E-state index contributed by atoms with van der Waals surface area (Å²) in [4.78, 5) is 0. The number of hydrogen-bond acceptors (Lipinski definition) is 3. The van der Waals surface area contributed by atoms with Gasteiger partial charge >= 0.3 is 0 Å². The smallest absolute Gasteiger partial charge is 0.122 e. The van der Waals surface area contributed by atoms with Crippen LogP contribution in [-0.2, 0) is 0 Å². The van der Waals surface area contributed by atoms with Crippen molar-refractivity contribution in [3.8, 4) is 17.2 Å². The third-order valence-corrected chi connectivity index (χ3v) is 4.40. The van der Waals surface area contributed by atoms with E-state index in [0.29, 0.717) is 16.5 Å². The Hall–Kier alpha value is -2.16. The molecule has 1 N–H and O–H groups in total. The largest absolute Gasteiger partial charge is 0.872 e. The summed E-state index contributed by atoms with van der Waals surface area (Å²) in [6, 6.07) is 4.71.